The van der Waals surface area contributed by atoms with Gasteiger partial charge in [0.1, 0.15) is 11.4 Å². The van der Waals surface area contributed by atoms with Gasteiger partial charge in [-0.2, -0.15) is 0 Å². The van der Waals surface area contributed by atoms with Crippen LogP contribution in [0.3, 0.4) is 0 Å². The van der Waals surface area contributed by atoms with E-state index in [9.17, 15) is 4.79 Å². The molecule has 0 aliphatic carbocycles. The van der Waals surface area contributed by atoms with E-state index in [1.54, 1.807) is 6.20 Å². The maximum Gasteiger partial charge on any atom is 0.263 e. The molecule has 0 aliphatic heterocycles. The number of anilines is 1. The number of aromatic nitrogens is 2. The SMILES string of the molecule is Cc1cccc(C)c1OCC(=O)Nc1cn2ccccc2n1. The van der Waals surface area contributed by atoms with Crippen LogP contribution in [-0.2, 0) is 4.79 Å². The predicted molar refractivity (Wildman–Crippen MR) is 85.2 cm³/mol. The third-order valence-corrected chi connectivity index (χ3v) is 3.39. The molecule has 0 aliphatic rings. The fraction of sp³-hybridized carbons (Fsp3) is 0.176. The molecule has 2 heterocycles. The normalized spacial score (nSPS) is 10.6. The Morgan fingerprint density at radius 2 is 1.95 bits per heavy atom. The number of nitrogens with zero attached hydrogens (tertiary/aromatic N) is 2. The molecule has 0 bridgehead atoms. The number of rotatable bonds is 4. The number of para-hydroxylation sites is 1. The second-order valence-corrected chi connectivity index (χ2v) is 5.15. The molecule has 0 saturated heterocycles. The van der Waals surface area contributed by atoms with Gasteiger partial charge in [0.15, 0.2) is 12.4 Å². The van der Waals surface area contributed by atoms with Crippen molar-refractivity contribution < 1.29 is 9.53 Å². The number of aryl methyl sites for hydroxylation is 2. The van der Waals surface area contributed by atoms with Crippen molar-refractivity contribution in [2.75, 3.05) is 11.9 Å². The van der Waals surface area contributed by atoms with Crippen LogP contribution in [0.5, 0.6) is 5.75 Å². The monoisotopic (exact) mass is 295 g/mol. The molecular weight excluding hydrogens is 278 g/mol. The molecule has 0 saturated carbocycles. The lowest BCUT2D eigenvalue weighted by molar-refractivity contribution is -0.118. The number of amides is 1. The summed E-state index contributed by atoms with van der Waals surface area (Å²) in [5.41, 5.74) is 2.81. The Morgan fingerprint density at radius 1 is 1.18 bits per heavy atom. The molecule has 0 atom stereocenters. The zero-order valence-electron chi connectivity index (χ0n) is 12.5. The van der Waals surface area contributed by atoms with E-state index in [2.05, 4.69) is 10.3 Å². The number of imidazole rings is 1. The first-order valence-corrected chi connectivity index (χ1v) is 7.06. The summed E-state index contributed by atoms with van der Waals surface area (Å²) in [5.74, 6) is 1.04. The molecule has 1 amide bonds. The average Bonchev–Trinajstić information content (AvgIpc) is 2.88. The van der Waals surface area contributed by atoms with Gasteiger partial charge in [0, 0.05) is 6.20 Å². The van der Waals surface area contributed by atoms with Gasteiger partial charge in [0.05, 0.1) is 6.20 Å². The third kappa shape index (κ3) is 2.93. The van der Waals surface area contributed by atoms with Gasteiger partial charge in [0.2, 0.25) is 0 Å². The van der Waals surface area contributed by atoms with E-state index in [1.807, 2.05) is 60.8 Å². The highest BCUT2D eigenvalue weighted by atomic mass is 16.5. The Kier molecular flexibility index (Phi) is 3.78. The second kappa shape index (κ2) is 5.89. The first-order chi connectivity index (χ1) is 10.6. The molecule has 1 N–H and O–H groups in total. The lowest BCUT2D eigenvalue weighted by atomic mass is 10.1. The van der Waals surface area contributed by atoms with Gasteiger partial charge in [0.25, 0.3) is 5.91 Å². The van der Waals surface area contributed by atoms with Gasteiger partial charge in [-0.15, -0.1) is 0 Å². The number of carbonyl (C=O) groups is 1. The first kappa shape index (κ1) is 14.1. The summed E-state index contributed by atoms with van der Waals surface area (Å²) in [7, 11) is 0. The predicted octanol–water partition coefficient (Wildman–Crippen LogP) is 2.97. The summed E-state index contributed by atoms with van der Waals surface area (Å²) in [6.07, 6.45) is 3.65. The Morgan fingerprint density at radius 3 is 2.68 bits per heavy atom. The van der Waals surface area contributed by atoms with E-state index in [0.717, 1.165) is 22.5 Å². The number of hydrogen-bond acceptors (Lipinski definition) is 3. The van der Waals surface area contributed by atoms with E-state index in [4.69, 9.17) is 4.74 Å². The standard InChI is InChI=1S/C17H17N3O2/c1-12-6-5-7-13(2)17(12)22-11-16(21)19-14-10-20-9-4-3-8-15(20)18-14/h3-10H,11H2,1-2H3,(H,19,21). The van der Waals surface area contributed by atoms with Crippen molar-refractivity contribution in [3.05, 3.63) is 59.9 Å². The van der Waals surface area contributed by atoms with Crippen molar-refractivity contribution >= 4 is 17.4 Å². The van der Waals surface area contributed by atoms with Crippen LogP contribution in [0.15, 0.2) is 48.8 Å². The second-order valence-electron chi connectivity index (χ2n) is 5.15. The average molecular weight is 295 g/mol. The maximum absolute atomic E-state index is 12.0. The highest BCUT2D eigenvalue weighted by Crippen LogP contribution is 2.22. The summed E-state index contributed by atoms with van der Waals surface area (Å²) >= 11 is 0. The fourth-order valence-corrected chi connectivity index (χ4v) is 2.34. The highest BCUT2D eigenvalue weighted by molar-refractivity contribution is 5.91. The molecule has 2 aromatic heterocycles. The summed E-state index contributed by atoms with van der Waals surface area (Å²) in [6.45, 7) is 3.88. The third-order valence-electron chi connectivity index (χ3n) is 3.39. The fourth-order valence-electron chi connectivity index (χ4n) is 2.34. The Hall–Kier alpha value is -2.82. The van der Waals surface area contributed by atoms with Crippen LogP contribution in [0.4, 0.5) is 5.82 Å². The van der Waals surface area contributed by atoms with Crippen LogP contribution in [0.1, 0.15) is 11.1 Å². The van der Waals surface area contributed by atoms with Gasteiger partial charge < -0.3 is 14.5 Å². The largest absolute Gasteiger partial charge is 0.483 e. The van der Waals surface area contributed by atoms with Crippen LogP contribution < -0.4 is 10.1 Å². The van der Waals surface area contributed by atoms with E-state index in [-0.39, 0.29) is 12.5 Å². The van der Waals surface area contributed by atoms with Crippen LogP contribution >= 0.6 is 0 Å². The smallest absolute Gasteiger partial charge is 0.263 e. The molecule has 5 nitrogen and oxygen atoms in total. The van der Waals surface area contributed by atoms with Crippen molar-refractivity contribution in [2.24, 2.45) is 0 Å². The number of ether oxygens (including phenoxy) is 1. The van der Waals surface area contributed by atoms with Crippen molar-refractivity contribution in [1.82, 2.24) is 9.38 Å². The van der Waals surface area contributed by atoms with Crippen molar-refractivity contribution in [1.29, 1.82) is 0 Å². The summed E-state index contributed by atoms with van der Waals surface area (Å²) in [5, 5.41) is 2.74. The van der Waals surface area contributed by atoms with Gasteiger partial charge in [-0.05, 0) is 37.1 Å². The molecular formula is C17H17N3O2. The number of benzene rings is 1. The first-order valence-electron chi connectivity index (χ1n) is 7.06. The van der Waals surface area contributed by atoms with Gasteiger partial charge >= 0.3 is 0 Å². The molecule has 22 heavy (non-hydrogen) atoms. The van der Waals surface area contributed by atoms with Crippen LogP contribution in [-0.4, -0.2) is 21.9 Å². The summed E-state index contributed by atoms with van der Waals surface area (Å²) < 4.78 is 7.48. The van der Waals surface area contributed by atoms with E-state index in [0.29, 0.717) is 5.82 Å². The molecule has 5 heteroatoms. The molecule has 112 valence electrons. The minimum atomic E-state index is -0.231. The number of nitrogens with one attached hydrogen (secondary N) is 1. The zero-order valence-corrected chi connectivity index (χ0v) is 12.5. The van der Waals surface area contributed by atoms with E-state index >= 15 is 0 Å². The van der Waals surface area contributed by atoms with Crippen molar-refractivity contribution in [2.45, 2.75) is 13.8 Å². The quantitative estimate of drug-likeness (QED) is 0.805. The molecule has 1 aromatic carbocycles. The Labute approximate surface area is 128 Å². The van der Waals surface area contributed by atoms with E-state index < -0.39 is 0 Å². The molecule has 0 fully saturated rings. The molecule has 3 rings (SSSR count). The topological polar surface area (TPSA) is 55.6 Å². The van der Waals surface area contributed by atoms with Crippen molar-refractivity contribution in [3.8, 4) is 5.75 Å². The van der Waals surface area contributed by atoms with Gasteiger partial charge in [-0.3, -0.25) is 4.79 Å². The van der Waals surface area contributed by atoms with Crippen LogP contribution in [0.2, 0.25) is 0 Å². The maximum atomic E-state index is 12.0. The number of carbonyl (C=O) groups excluding carboxylic acids is 1. The minimum Gasteiger partial charge on any atom is -0.483 e. The minimum absolute atomic E-state index is 0.0421. The molecule has 0 unspecified atom stereocenters. The lowest BCUT2D eigenvalue weighted by Crippen LogP contribution is -2.20. The number of fused-ring (bicyclic) bond motifs is 1. The van der Waals surface area contributed by atoms with Crippen LogP contribution in [0, 0.1) is 13.8 Å². The summed E-state index contributed by atoms with van der Waals surface area (Å²) in [6, 6.07) is 11.6. The number of pyridine rings is 1. The Bertz CT molecular complexity index is 770. The van der Waals surface area contributed by atoms with Gasteiger partial charge in [-0.25, -0.2) is 4.98 Å². The zero-order chi connectivity index (χ0) is 15.5. The lowest BCUT2D eigenvalue weighted by Gasteiger charge is -2.11. The van der Waals surface area contributed by atoms with Crippen molar-refractivity contribution in [3.63, 3.8) is 0 Å². The van der Waals surface area contributed by atoms with Gasteiger partial charge in [-0.1, -0.05) is 24.3 Å². The van der Waals surface area contributed by atoms with E-state index in [1.165, 1.54) is 0 Å². The Balaban J connectivity index is 1.65. The molecule has 0 radical (unpaired) electrons. The highest BCUT2D eigenvalue weighted by Gasteiger charge is 2.09. The van der Waals surface area contributed by atoms with Crippen LogP contribution in [0.25, 0.3) is 5.65 Å². The molecule has 0 spiro atoms. The molecule has 3 aromatic rings. The summed E-state index contributed by atoms with van der Waals surface area (Å²) in [4.78, 5) is 16.3. The number of hydrogen-bond donors (Lipinski definition) is 1.